The van der Waals surface area contributed by atoms with E-state index in [9.17, 15) is 0 Å². The molecule has 1 heterocycles. The van der Waals surface area contributed by atoms with Crippen LogP contribution in [0.2, 0.25) is 0 Å². The minimum atomic E-state index is 0.254. The average Bonchev–Trinajstić information content (AvgIpc) is 2.83. The maximum Gasteiger partial charge on any atom is 0.150 e. The maximum absolute atomic E-state index is 8.66. The summed E-state index contributed by atoms with van der Waals surface area (Å²) in [5.74, 6) is 0.861. The number of aromatic nitrogens is 1. The van der Waals surface area contributed by atoms with Gasteiger partial charge in [-0.3, -0.25) is 0 Å². The SMILES string of the molecule is Cc1cc(CNCC2(CC#N)CC2)on1. The highest BCUT2D eigenvalue weighted by Gasteiger charge is 2.41. The molecule has 0 radical (unpaired) electrons. The van der Waals surface area contributed by atoms with E-state index in [0.717, 1.165) is 18.0 Å². The molecule has 2 rings (SSSR count). The van der Waals surface area contributed by atoms with Gasteiger partial charge in [-0.25, -0.2) is 0 Å². The molecule has 4 nitrogen and oxygen atoms in total. The van der Waals surface area contributed by atoms with Crippen LogP contribution in [-0.4, -0.2) is 11.7 Å². The standard InChI is InChI=1S/C11H15N3O/c1-9-6-10(15-14-9)7-13-8-11(2-3-11)4-5-12/h6,13H,2-4,7-8H2,1H3. The molecule has 1 saturated carbocycles. The van der Waals surface area contributed by atoms with Crippen LogP contribution in [0.3, 0.4) is 0 Å². The van der Waals surface area contributed by atoms with Crippen molar-refractivity contribution in [3.05, 3.63) is 17.5 Å². The molecule has 1 aliphatic rings. The summed E-state index contributed by atoms with van der Waals surface area (Å²) in [6.07, 6.45) is 3.00. The summed E-state index contributed by atoms with van der Waals surface area (Å²) >= 11 is 0. The number of aryl methyl sites for hydroxylation is 1. The Morgan fingerprint density at radius 2 is 2.47 bits per heavy atom. The van der Waals surface area contributed by atoms with Crippen LogP contribution in [0, 0.1) is 23.7 Å². The molecule has 0 spiro atoms. The predicted octanol–water partition coefficient (Wildman–Crippen LogP) is 1.77. The van der Waals surface area contributed by atoms with Gasteiger partial charge in [-0.1, -0.05) is 5.16 Å². The van der Waals surface area contributed by atoms with E-state index in [1.807, 2.05) is 13.0 Å². The number of rotatable bonds is 5. The first-order valence-electron chi connectivity index (χ1n) is 5.24. The molecule has 1 aliphatic carbocycles. The van der Waals surface area contributed by atoms with Crippen LogP contribution in [0.1, 0.15) is 30.7 Å². The lowest BCUT2D eigenvalue weighted by atomic mass is 10.0. The molecule has 0 bridgehead atoms. The smallest absolute Gasteiger partial charge is 0.150 e. The second kappa shape index (κ2) is 4.03. The molecule has 1 aromatic rings. The zero-order chi connectivity index (χ0) is 10.7. The third-order valence-corrected chi connectivity index (χ3v) is 2.89. The Hall–Kier alpha value is -1.34. The highest BCUT2D eigenvalue weighted by atomic mass is 16.5. The molecule has 15 heavy (non-hydrogen) atoms. The van der Waals surface area contributed by atoms with Crippen LogP contribution in [-0.2, 0) is 6.54 Å². The number of hydrogen-bond acceptors (Lipinski definition) is 4. The molecular formula is C11H15N3O. The molecule has 1 N–H and O–H groups in total. The molecule has 0 aromatic carbocycles. The Labute approximate surface area is 89.3 Å². The monoisotopic (exact) mass is 205 g/mol. The van der Waals surface area contributed by atoms with Gasteiger partial charge >= 0.3 is 0 Å². The third-order valence-electron chi connectivity index (χ3n) is 2.89. The highest BCUT2D eigenvalue weighted by Crippen LogP contribution is 2.47. The van der Waals surface area contributed by atoms with Crippen molar-refractivity contribution >= 4 is 0 Å². The topological polar surface area (TPSA) is 61.9 Å². The molecule has 80 valence electrons. The van der Waals surface area contributed by atoms with Crippen molar-refractivity contribution in [1.29, 1.82) is 5.26 Å². The van der Waals surface area contributed by atoms with E-state index in [1.54, 1.807) is 0 Å². The third kappa shape index (κ3) is 2.57. The second-order valence-electron chi connectivity index (χ2n) is 4.37. The van der Waals surface area contributed by atoms with Crippen molar-refractivity contribution in [3.8, 4) is 6.07 Å². The molecule has 0 saturated heterocycles. The van der Waals surface area contributed by atoms with Crippen molar-refractivity contribution < 1.29 is 4.52 Å². The van der Waals surface area contributed by atoms with Gasteiger partial charge in [0, 0.05) is 19.0 Å². The molecule has 1 fully saturated rings. The van der Waals surface area contributed by atoms with Gasteiger partial charge in [-0.05, 0) is 25.2 Å². The summed E-state index contributed by atoms with van der Waals surface area (Å²) in [4.78, 5) is 0. The van der Waals surface area contributed by atoms with E-state index < -0.39 is 0 Å². The summed E-state index contributed by atoms with van der Waals surface area (Å²) < 4.78 is 5.08. The van der Waals surface area contributed by atoms with Gasteiger partial charge in [0.15, 0.2) is 5.76 Å². The summed E-state index contributed by atoms with van der Waals surface area (Å²) in [5.41, 5.74) is 1.16. The van der Waals surface area contributed by atoms with Gasteiger partial charge in [0.05, 0.1) is 18.3 Å². The van der Waals surface area contributed by atoms with E-state index in [0.29, 0.717) is 13.0 Å². The van der Waals surface area contributed by atoms with Gasteiger partial charge < -0.3 is 9.84 Å². The molecular weight excluding hydrogens is 190 g/mol. The fourth-order valence-electron chi connectivity index (χ4n) is 1.71. The number of nitrogens with one attached hydrogen (secondary N) is 1. The van der Waals surface area contributed by atoms with Crippen LogP contribution in [0.15, 0.2) is 10.6 Å². The van der Waals surface area contributed by atoms with E-state index in [2.05, 4.69) is 16.5 Å². The molecule has 4 heteroatoms. The van der Waals surface area contributed by atoms with Crippen LogP contribution in [0.5, 0.6) is 0 Å². The summed E-state index contributed by atoms with van der Waals surface area (Å²) in [6, 6.07) is 4.17. The number of hydrogen-bond donors (Lipinski definition) is 1. The lowest BCUT2D eigenvalue weighted by Crippen LogP contribution is -2.23. The van der Waals surface area contributed by atoms with Gasteiger partial charge in [0.2, 0.25) is 0 Å². The molecule has 1 aromatic heterocycles. The number of nitrogens with zero attached hydrogens (tertiary/aromatic N) is 2. The van der Waals surface area contributed by atoms with Crippen LogP contribution in [0.4, 0.5) is 0 Å². The first-order valence-corrected chi connectivity index (χ1v) is 5.24. The van der Waals surface area contributed by atoms with E-state index >= 15 is 0 Å². The maximum atomic E-state index is 8.66. The van der Waals surface area contributed by atoms with Crippen LogP contribution >= 0.6 is 0 Å². The minimum absolute atomic E-state index is 0.254. The minimum Gasteiger partial charge on any atom is -0.360 e. The fraction of sp³-hybridized carbons (Fsp3) is 0.636. The fourth-order valence-corrected chi connectivity index (χ4v) is 1.71. The molecule has 0 aliphatic heterocycles. The summed E-state index contributed by atoms with van der Waals surface area (Å²) in [6.45, 7) is 3.51. The first kappa shape index (κ1) is 10.2. The number of nitriles is 1. The molecule has 0 atom stereocenters. The van der Waals surface area contributed by atoms with Crippen LogP contribution in [0.25, 0.3) is 0 Å². The highest BCUT2D eigenvalue weighted by molar-refractivity contribution is 5.04. The van der Waals surface area contributed by atoms with Crippen LogP contribution < -0.4 is 5.32 Å². The predicted molar refractivity (Wildman–Crippen MR) is 54.8 cm³/mol. The van der Waals surface area contributed by atoms with Crippen molar-refractivity contribution in [3.63, 3.8) is 0 Å². The molecule has 0 unspecified atom stereocenters. The average molecular weight is 205 g/mol. The lowest BCUT2D eigenvalue weighted by Gasteiger charge is -2.10. The Morgan fingerprint density at radius 3 is 3.00 bits per heavy atom. The Morgan fingerprint density at radius 1 is 1.67 bits per heavy atom. The van der Waals surface area contributed by atoms with Crippen molar-refractivity contribution in [2.45, 2.75) is 32.7 Å². The van der Waals surface area contributed by atoms with Gasteiger partial charge in [-0.15, -0.1) is 0 Å². The summed E-state index contributed by atoms with van der Waals surface area (Å²) in [5, 5.41) is 15.8. The van der Waals surface area contributed by atoms with Crippen molar-refractivity contribution in [1.82, 2.24) is 10.5 Å². The van der Waals surface area contributed by atoms with Crippen molar-refractivity contribution in [2.24, 2.45) is 5.41 Å². The lowest BCUT2D eigenvalue weighted by molar-refractivity contribution is 0.360. The first-order chi connectivity index (χ1) is 7.24. The quantitative estimate of drug-likeness (QED) is 0.795. The van der Waals surface area contributed by atoms with Gasteiger partial charge in [0.25, 0.3) is 0 Å². The Bertz CT molecular complexity index is 373. The van der Waals surface area contributed by atoms with E-state index in [4.69, 9.17) is 9.78 Å². The van der Waals surface area contributed by atoms with Gasteiger partial charge in [-0.2, -0.15) is 5.26 Å². The second-order valence-corrected chi connectivity index (χ2v) is 4.37. The van der Waals surface area contributed by atoms with E-state index in [-0.39, 0.29) is 5.41 Å². The van der Waals surface area contributed by atoms with Crippen molar-refractivity contribution in [2.75, 3.05) is 6.54 Å². The van der Waals surface area contributed by atoms with E-state index in [1.165, 1.54) is 12.8 Å². The zero-order valence-corrected chi connectivity index (χ0v) is 8.92. The molecule has 0 amide bonds. The van der Waals surface area contributed by atoms with Gasteiger partial charge in [0.1, 0.15) is 0 Å². The summed E-state index contributed by atoms with van der Waals surface area (Å²) in [7, 11) is 0. The Balaban J connectivity index is 1.74. The largest absolute Gasteiger partial charge is 0.360 e. The Kier molecular flexibility index (Phi) is 2.74. The normalized spacial score (nSPS) is 17.3. The zero-order valence-electron chi connectivity index (χ0n) is 8.92.